The molecule has 0 spiro atoms. The molecule has 1 aliphatic rings. The van der Waals surface area contributed by atoms with Gasteiger partial charge < -0.3 is 20.0 Å². The fourth-order valence-corrected chi connectivity index (χ4v) is 4.00. The summed E-state index contributed by atoms with van der Waals surface area (Å²) in [4.78, 5) is 33.4. The van der Waals surface area contributed by atoms with Crippen LogP contribution < -0.4 is 4.90 Å². The van der Waals surface area contributed by atoms with Crippen molar-refractivity contribution in [2.75, 3.05) is 32.1 Å². The van der Waals surface area contributed by atoms with Crippen LogP contribution in [0.4, 0.5) is 17.2 Å². The summed E-state index contributed by atoms with van der Waals surface area (Å²) >= 11 is 3.65. The number of aromatic nitrogens is 1. The lowest BCUT2D eigenvalue weighted by atomic mass is 10.00. The maximum atomic E-state index is 9.55. The van der Waals surface area contributed by atoms with Gasteiger partial charge in [0.05, 0.1) is 11.4 Å². The third-order valence-electron chi connectivity index (χ3n) is 5.16. The van der Waals surface area contributed by atoms with Crippen molar-refractivity contribution in [1.82, 2.24) is 9.88 Å². The van der Waals surface area contributed by atoms with Gasteiger partial charge in [0.2, 0.25) is 0 Å². The molecule has 9 heteroatoms. The lowest BCUT2D eigenvalue weighted by Crippen LogP contribution is -2.24. The number of halogens is 1. The molecule has 2 aromatic carbocycles. The van der Waals surface area contributed by atoms with Crippen LogP contribution in [0.2, 0.25) is 0 Å². The minimum atomic E-state index is -1.26. The van der Waals surface area contributed by atoms with Gasteiger partial charge >= 0.3 is 11.9 Å². The van der Waals surface area contributed by atoms with Crippen molar-refractivity contribution in [3.63, 3.8) is 0 Å². The summed E-state index contributed by atoms with van der Waals surface area (Å²) < 4.78 is 1.04. The van der Waals surface area contributed by atoms with E-state index in [9.17, 15) is 9.59 Å². The van der Waals surface area contributed by atoms with Gasteiger partial charge in [-0.15, -0.1) is 0 Å². The quantitative estimate of drug-likeness (QED) is 0.393. The van der Waals surface area contributed by atoms with E-state index in [0.717, 1.165) is 58.0 Å². The Balaban J connectivity index is 0.000000392. The molecule has 0 unspecified atom stereocenters. The van der Waals surface area contributed by atoms with Crippen LogP contribution in [0.1, 0.15) is 17.5 Å². The number of carboxylic acid groups (broad SMARTS) is 2. The predicted octanol–water partition coefficient (Wildman–Crippen LogP) is 5.13. The van der Waals surface area contributed by atoms with Gasteiger partial charge in [-0.05, 0) is 57.4 Å². The zero-order valence-corrected chi connectivity index (χ0v) is 21.6. The monoisotopic (exact) mass is 550 g/mol. The van der Waals surface area contributed by atoms with Crippen LogP contribution in [0.5, 0.6) is 0 Å². The molecule has 1 aliphatic heterocycles. The van der Waals surface area contributed by atoms with Crippen LogP contribution in [0.3, 0.4) is 0 Å². The molecule has 0 saturated heterocycles. The van der Waals surface area contributed by atoms with Crippen LogP contribution >= 0.6 is 15.9 Å². The van der Waals surface area contributed by atoms with E-state index in [-0.39, 0.29) is 0 Å². The second-order valence-corrected chi connectivity index (χ2v) is 9.07. The maximum Gasteiger partial charge on any atom is 0.328 e. The summed E-state index contributed by atoms with van der Waals surface area (Å²) in [5.41, 5.74) is 5.23. The van der Waals surface area contributed by atoms with Crippen LogP contribution in [-0.4, -0.2) is 64.9 Å². The summed E-state index contributed by atoms with van der Waals surface area (Å²) in [5.74, 6) is -1.60. The van der Waals surface area contributed by atoms with Gasteiger partial charge in [-0.1, -0.05) is 46.3 Å². The minimum Gasteiger partial charge on any atom is -0.478 e. The van der Waals surface area contributed by atoms with E-state index in [1.807, 2.05) is 24.4 Å². The SMILES string of the molecule is CN(C)CCCN1c2ccc(Br)cc2C(c2ccccc2)=Nc2cccnc21.O=C(O)/C=C/C(=O)O. The fourth-order valence-electron chi connectivity index (χ4n) is 3.64. The summed E-state index contributed by atoms with van der Waals surface area (Å²) in [7, 11) is 4.21. The van der Waals surface area contributed by atoms with E-state index >= 15 is 0 Å². The van der Waals surface area contributed by atoms with Crippen molar-refractivity contribution < 1.29 is 19.8 Å². The molecule has 8 nitrogen and oxygen atoms in total. The van der Waals surface area contributed by atoms with Gasteiger partial charge in [-0.3, -0.25) is 0 Å². The third kappa shape index (κ3) is 7.34. The van der Waals surface area contributed by atoms with Crippen molar-refractivity contribution in [2.24, 2.45) is 4.99 Å². The van der Waals surface area contributed by atoms with Crippen molar-refractivity contribution in [2.45, 2.75) is 6.42 Å². The fraction of sp³-hybridized carbons (Fsp3) is 0.185. The smallest absolute Gasteiger partial charge is 0.328 e. The van der Waals surface area contributed by atoms with Gasteiger partial charge in [0, 0.05) is 40.5 Å². The highest BCUT2D eigenvalue weighted by Crippen LogP contribution is 2.40. The van der Waals surface area contributed by atoms with Gasteiger partial charge in [0.15, 0.2) is 5.82 Å². The second kappa shape index (κ2) is 12.8. The van der Waals surface area contributed by atoms with E-state index in [2.05, 4.69) is 82.3 Å². The van der Waals surface area contributed by atoms with Crippen LogP contribution in [0.25, 0.3) is 0 Å². The Kier molecular flexibility index (Phi) is 9.49. The van der Waals surface area contributed by atoms with Crippen molar-refractivity contribution in [3.05, 3.63) is 94.6 Å². The molecule has 2 heterocycles. The molecule has 0 fully saturated rings. The van der Waals surface area contributed by atoms with Crippen molar-refractivity contribution in [3.8, 4) is 0 Å². The molecule has 0 saturated carbocycles. The number of benzene rings is 2. The number of hydrogen-bond acceptors (Lipinski definition) is 6. The highest BCUT2D eigenvalue weighted by molar-refractivity contribution is 9.10. The highest BCUT2D eigenvalue weighted by Gasteiger charge is 2.24. The summed E-state index contributed by atoms with van der Waals surface area (Å²) in [6.07, 6.45) is 4.00. The van der Waals surface area contributed by atoms with Gasteiger partial charge in [-0.25, -0.2) is 19.6 Å². The van der Waals surface area contributed by atoms with E-state index in [1.54, 1.807) is 0 Å². The molecule has 1 aromatic heterocycles. The number of hydrogen-bond donors (Lipinski definition) is 2. The number of aliphatic carboxylic acids is 2. The largest absolute Gasteiger partial charge is 0.478 e. The lowest BCUT2D eigenvalue weighted by Gasteiger charge is -2.26. The number of carbonyl (C=O) groups is 2. The number of carboxylic acids is 2. The van der Waals surface area contributed by atoms with Gasteiger partial charge in [0.1, 0.15) is 5.69 Å². The molecule has 0 atom stereocenters. The molecule has 3 aromatic rings. The van der Waals surface area contributed by atoms with E-state index < -0.39 is 11.9 Å². The molecule has 186 valence electrons. The van der Waals surface area contributed by atoms with Gasteiger partial charge in [0.25, 0.3) is 0 Å². The average Bonchev–Trinajstić information content (AvgIpc) is 2.98. The Morgan fingerprint density at radius 2 is 1.69 bits per heavy atom. The first kappa shape index (κ1) is 26.8. The normalized spacial score (nSPS) is 12.2. The Labute approximate surface area is 218 Å². The highest BCUT2D eigenvalue weighted by atomic mass is 79.9. The summed E-state index contributed by atoms with van der Waals surface area (Å²) in [6, 6.07) is 20.8. The average molecular weight is 551 g/mol. The zero-order chi connectivity index (χ0) is 26.1. The van der Waals surface area contributed by atoms with Crippen LogP contribution in [0.15, 0.2) is 88.5 Å². The van der Waals surface area contributed by atoms with Crippen molar-refractivity contribution in [1.29, 1.82) is 0 Å². The number of aliphatic imine (C=N–C) groups is 1. The van der Waals surface area contributed by atoms with E-state index in [0.29, 0.717) is 12.2 Å². The first-order valence-electron chi connectivity index (χ1n) is 11.2. The van der Waals surface area contributed by atoms with Crippen LogP contribution in [-0.2, 0) is 9.59 Å². The topological polar surface area (TPSA) is 106 Å². The van der Waals surface area contributed by atoms with E-state index in [4.69, 9.17) is 20.2 Å². The zero-order valence-electron chi connectivity index (χ0n) is 20.0. The standard InChI is InChI=1S/C23H23BrN4.C4H4O4/c1-27(2)14-7-15-28-21-12-11-18(24)16-19(21)22(17-8-4-3-5-9-17)26-20-10-6-13-25-23(20)28;5-3(6)1-2-4(7)8/h3-6,8-13,16H,7,14-15H2,1-2H3;1-2H,(H,5,6)(H,7,8)/b;2-1+. The maximum absolute atomic E-state index is 9.55. The first-order chi connectivity index (χ1) is 17.3. The van der Waals surface area contributed by atoms with Crippen molar-refractivity contribution >= 4 is 50.8 Å². The third-order valence-corrected chi connectivity index (χ3v) is 5.65. The summed E-state index contributed by atoms with van der Waals surface area (Å²) in [6.45, 7) is 1.91. The van der Waals surface area contributed by atoms with Gasteiger partial charge in [-0.2, -0.15) is 0 Å². The number of rotatable bonds is 7. The number of anilines is 2. The molecular weight excluding hydrogens is 524 g/mol. The Morgan fingerprint density at radius 1 is 1.00 bits per heavy atom. The Hall–Kier alpha value is -3.82. The van der Waals surface area contributed by atoms with E-state index in [1.165, 1.54) is 0 Å². The molecule has 0 bridgehead atoms. The molecule has 36 heavy (non-hydrogen) atoms. The molecule has 0 aliphatic carbocycles. The second-order valence-electron chi connectivity index (χ2n) is 8.15. The Bertz CT molecular complexity index is 1260. The number of nitrogens with zero attached hydrogens (tertiary/aromatic N) is 4. The summed E-state index contributed by atoms with van der Waals surface area (Å²) in [5, 5.41) is 15.6. The molecule has 0 amide bonds. The van der Waals surface area contributed by atoms with Crippen LogP contribution in [0, 0.1) is 0 Å². The number of pyridine rings is 1. The number of fused-ring (bicyclic) bond motifs is 2. The molecule has 0 radical (unpaired) electrons. The minimum absolute atomic E-state index is 0.558. The molecular formula is C27H27BrN4O4. The molecule has 2 N–H and O–H groups in total. The predicted molar refractivity (Wildman–Crippen MR) is 145 cm³/mol. The lowest BCUT2D eigenvalue weighted by molar-refractivity contribution is -0.134. The first-order valence-corrected chi connectivity index (χ1v) is 12.0. The Morgan fingerprint density at radius 3 is 2.33 bits per heavy atom. The molecule has 4 rings (SSSR count).